The van der Waals surface area contributed by atoms with Crippen LogP contribution in [0.2, 0.25) is 0 Å². The predicted molar refractivity (Wildman–Crippen MR) is 74.9 cm³/mol. The number of halogens is 1. The number of hydrogen-bond acceptors (Lipinski definition) is 2. The minimum Gasteiger partial charge on any atom is -0.293 e. The first-order valence-electron chi connectivity index (χ1n) is 6.63. The first kappa shape index (κ1) is 13.7. The molecule has 0 saturated heterocycles. The maximum absolute atomic E-state index is 13.1. The molecule has 3 nitrogen and oxygen atoms in total. The van der Waals surface area contributed by atoms with E-state index in [1.54, 1.807) is 22.9 Å². The average Bonchev–Trinajstić information content (AvgIpc) is 2.81. The molecule has 0 spiro atoms. The Morgan fingerprint density at radius 2 is 2.00 bits per heavy atom. The summed E-state index contributed by atoms with van der Waals surface area (Å²) in [6, 6.07) is 6.06. The molecule has 2 rings (SSSR count). The number of fused-ring (bicyclic) bond motifs is 1. The molecule has 19 heavy (non-hydrogen) atoms. The number of carbonyl (C=O) groups excluding carboxylic acids is 1. The van der Waals surface area contributed by atoms with Gasteiger partial charge in [-0.2, -0.15) is 0 Å². The zero-order valence-corrected chi connectivity index (χ0v) is 11.6. The van der Waals surface area contributed by atoms with Gasteiger partial charge in [-0.25, -0.2) is 4.39 Å². The molecule has 4 heteroatoms. The molecule has 0 bridgehead atoms. The Balaban J connectivity index is 2.36. The third kappa shape index (κ3) is 2.54. The summed E-state index contributed by atoms with van der Waals surface area (Å²) in [4.78, 5) is 14.6. The van der Waals surface area contributed by atoms with Crippen LogP contribution in [0, 0.1) is 5.82 Å². The van der Waals surface area contributed by atoms with Crippen LogP contribution in [0.15, 0.2) is 30.5 Å². The first-order chi connectivity index (χ1) is 9.08. The zero-order chi connectivity index (χ0) is 14.0. The number of carbonyl (C=O) groups is 1. The van der Waals surface area contributed by atoms with Crippen LogP contribution < -0.4 is 0 Å². The third-order valence-electron chi connectivity index (χ3n) is 3.61. The summed E-state index contributed by atoms with van der Waals surface area (Å²) in [6.45, 7) is 7.64. The molecular formula is C15H19FN2O. The van der Waals surface area contributed by atoms with E-state index in [0.717, 1.165) is 24.0 Å². The van der Waals surface area contributed by atoms with Gasteiger partial charge in [0.25, 0.3) is 0 Å². The van der Waals surface area contributed by atoms with Gasteiger partial charge in [0.05, 0.1) is 11.6 Å². The summed E-state index contributed by atoms with van der Waals surface area (Å²) in [5.41, 5.74) is 0.755. The maximum atomic E-state index is 13.1. The van der Waals surface area contributed by atoms with E-state index in [1.165, 1.54) is 12.1 Å². The second-order valence-corrected chi connectivity index (χ2v) is 4.62. The monoisotopic (exact) mass is 262 g/mol. The molecule has 1 aromatic carbocycles. The van der Waals surface area contributed by atoms with Crippen LogP contribution in [0.3, 0.4) is 0 Å². The highest BCUT2D eigenvalue weighted by Gasteiger charge is 2.21. The van der Waals surface area contributed by atoms with Gasteiger partial charge in [-0.05, 0) is 44.3 Å². The Morgan fingerprint density at radius 3 is 2.63 bits per heavy atom. The molecule has 0 aliphatic heterocycles. The second-order valence-electron chi connectivity index (χ2n) is 4.62. The molecule has 0 amide bonds. The minimum atomic E-state index is -0.283. The first-order valence-corrected chi connectivity index (χ1v) is 6.63. The van der Waals surface area contributed by atoms with E-state index >= 15 is 0 Å². The fourth-order valence-electron chi connectivity index (χ4n) is 2.43. The van der Waals surface area contributed by atoms with Crippen LogP contribution in [-0.4, -0.2) is 34.5 Å². The average molecular weight is 262 g/mol. The highest BCUT2D eigenvalue weighted by molar-refractivity contribution is 5.94. The molecule has 0 fully saturated rings. The van der Waals surface area contributed by atoms with Gasteiger partial charge in [0.2, 0.25) is 5.91 Å². The zero-order valence-electron chi connectivity index (χ0n) is 11.6. The summed E-state index contributed by atoms with van der Waals surface area (Å²) < 4.78 is 14.7. The third-order valence-corrected chi connectivity index (χ3v) is 3.61. The Kier molecular flexibility index (Phi) is 4.00. The quantitative estimate of drug-likeness (QED) is 0.845. The molecule has 0 aliphatic rings. The number of nitrogens with zero attached hydrogens (tertiary/aromatic N) is 2. The van der Waals surface area contributed by atoms with Crippen molar-refractivity contribution in [1.29, 1.82) is 0 Å². The molecule has 102 valence electrons. The van der Waals surface area contributed by atoms with Crippen LogP contribution in [0.25, 0.3) is 10.9 Å². The van der Waals surface area contributed by atoms with Crippen molar-refractivity contribution in [3.63, 3.8) is 0 Å². The lowest BCUT2D eigenvalue weighted by atomic mass is 10.2. The van der Waals surface area contributed by atoms with Gasteiger partial charge < -0.3 is 0 Å². The number of benzene rings is 1. The van der Waals surface area contributed by atoms with E-state index in [0.29, 0.717) is 0 Å². The lowest BCUT2D eigenvalue weighted by Crippen LogP contribution is -2.41. The van der Waals surface area contributed by atoms with Gasteiger partial charge in [0, 0.05) is 11.6 Å². The highest BCUT2D eigenvalue weighted by Crippen LogP contribution is 2.18. The fraction of sp³-hybridized carbons (Fsp3) is 0.400. The van der Waals surface area contributed by atoms with Crippen molar-refractivity contribution in [2.75, 3.05) is 13.1 Å². The molecule has 1 unspecified atom stereocenters. The molecule has 2 aromatic rings. The summed E-state index contributed by atoms with van der Waals surface area (Å²) in [6.07, 6.45) is 1.71. The molecule has 0 N–H and O–H groups in total. The molecule has 0 aliphatic carbocycles. The van der Waals surface area contributed by atoms with Crippen molar-refractivity contribution >= 4 is 16.8 Å². The van der Waals surface area contributed by atoms with Crippen molar-refractivity contribution in [3.05, 3.63) is 36.3 Å². The molecule has 0 radical (unpaired) electrons. The van der Waals surface area contributed by atoms with Crippen molar-refractivity contribution < 1.29 is 9.18 Å². The van der Waals surface area contributed by atoms with Crippen LogP contribution >= 0.6 is 0 Å². The van der Waals surface area contributed by atoms with Gasteiger partial charge in [-0.3, -0.25) is 14.3 Å². The van der Waals surface area contributed by atoms with E-state index in [2.05, 4.69) is 4.90 Å². The fourth-order valence-corrected chi connectivity index (χ4v) is 2.43. The number of hydrogen-bond donors (Lipinski definition) is 0. The summed E-state index contributed by atoms with van der Waals surface area (Å²) in [5.74, 6) is -0.264. The molecule has 0 saturated carbocycles. The summed E-state index contributed by atoms with van der Waals surface area (Å²) >= 11 is 0. The molecule has 1 aromatic heterocycles. The Hall–Kier alpha value is -1.68. The number of likely N-dealkylation sites (N-methyl/N-ethyl adjacent to an activating group) is 1. The van der Waals surface area contributed by atoms with Crippen LogP contribution in [-0.2, 0) is 0 Å². The SMILES string of the molecule is CCN(CC)C(C)C(=O)n1ccc2cc(F)ccc21. The van der Waals surface area contributed by atoms with Gasteiger partial charge in [-0.15, -0.1) is 0 Å². The topological polar surface area (TPSA) is 25.2 Å². The van der Waals surface area contributed by atoms with Gasteiger partial charge in [0.15, 0.2) is 0 Å². The lowest BCUT2D eigenvalue weighted by Gasteiger charge is -2.25. The molecule has 1 atom stereocenters. The Labute approximate surface area is 112 Å². The highest BCUT2D eigenvalue weighted by atomic mass is 19.1. The van der Waals surface area contributed by atoms with Crippen molar-refractivity contribution in [3.8, 4) is 0 Å². The van der Waals surface area contributed by atoms with Crippen LogP contribution in [0.5, 0.6) is 0 Å². The van der Waals surface area contributed by atoms with Crippen molar-refractivity contribution in [1.82, 2.24) is 9.47 Å². The summed E-state index contributed by atoms with van der Waals surface area (Å²) in [5, 5.41) is 0.750. The van der Waals surface area contributed by atoms with Crippen molar-refractivity contribution in [2.45, 2.75) is 26.8 Å². The Bertz CT molecular complexity index is 587. The van der Waals surface area contributed by atoms with Crippen molar-refractivity contribution in [2.24, 2.45) is 0 Å². The van der Waals surface area contributed by atoms with E-state index in [9.17, 15) is 9.18 Å². The molecular weight excluding hydrogens is 243 g/mol. The van der Waals surface area contributed by atoms with E-state index in [4.69, 9.17) is 0 Å². The van der Waals surface area contributed by atoms with Crippen LogP contribution in [0.1, 0.15) is 25.6 Å². The predicted octanol–water partition coefficient (Wildman–Crippen LogP) is 3.15. The van der Waals surface area contributed by atoms with Crippen LogP contribution in [0.4, 0.5) is 4.39 Å². The van der Waals surface area contributed by atoms with Gasteiger partial charge >= 0.3 is 0 Å². The smallest absolute Gasteiger partial charge is 0.248 e. The minimum absolute atomic E-state index is 0.0188. The van der Waals surface area contributed by atoms with Gasteiger partial charge in [-0.1, -0.05) is 13.8 Å². The molecule has 1 heterocycles. The number of aromatic nitrogens is 1. The van der Waals surface area contributed by atoms with Gasteiger partial charge in [0.1, 0.15) is 5.82 Å². The summed E-state index contributed by atoms with van der Waals surface area (Å²) in [7, 11) is 0. The van der Waals surface area contributed by atoms with E-state index < -0.39 is 0 Å². The largest absolute Gasteiger partial charge is 0.293 e. The standard InChI is InChI=1S/C15H19FN2O/c1-4-17(5-2)11(3)15(19)18-9-8-12-10-13(16)6-7-14(12)18/h6-11H,4-5H2,1-3H3. The normalized spacial score (nSPS) is 13.1. The number of rotatable bonds is 4. The Morgan fingerprint density at radius 1 is 1.32 bits per heavy atom. The second kappa shape index (κ2) is 5.53. The van der Waals surface area contributed by atoms with E-state index in [1.807, 2.05) is 20.8 Å². The van der Waals surface area contributed by atoms with E-state index in [-0.39, 0.29) is 17.8 Å². The maximum Gasteiger partial charge on any atom is 0.248 e. The lowest BCUT2D eigenvalue weighted by molar-refractivity contribution is 0.0769.